The lowest BCUT2D eigenvalue weighted by Crippen LogP contribution is -2.51. The lowest BCUT2D eigenvalue weighted by Gasteiger charge is -2.23. The summed E-state index contributed by atoms with van der Waals surface area (Å²) in [6, 6.07) is 8.43. The predicted molar refractivity (Wildman–Crippen MR) is 77.3 cm³/mol. The van der Waals surface area contributed by atoms with E-state index in [1.165, 1.54) is 6.92 Å². The van der Waals surface area contributed by atoms with Crippen molar-refractivity contribution in [1.29, 1.82) is 0 Å². The number of alkyl halides is 3. The van der Waals surface area contributed by atoms with Crippen LogP contribution in [-0.2, 0) is 15.1 Å². The molecule has 0 aliphatic rings. The van der Waals surface area contributed by atoms with Crippen LogP contribution in [0, 0.1) is 0 Å². The van der Waals surface area contributed by atoms with E-state index in [-0.39, 0.29) is 12.4 Å². The van der Waals surface area contributed by atoms with Crippen LogP contribution in [0.2, 0.25) is 0 Å². The normalized spacial score (nSPS) is 13.5. The molecule has 1 rings (SSSR count). The molecule has 0 aliphatic carbocycles. The minimum atomic E-state index is -4.49. The second kappa shape index (κ2) is 8.00. The third-order valence-electron chi connectivity index (χ3n) is 2.74. The molecule has 0 saturated carbocycles. The topological polar surface area (TPSA) is 84.2 Å². The van der Waals surface area contributed by atoms with Gasteiger partial charge >= 0.3 is 6.18 Å². The molecule has 0 radical (unpaired) electrons. The summed E-state index contributed by atoms with van der Waals surface area (Å²) in [5.41, 5.74) is 5.03. The Kier molecular flexibility index (Phi) is 7.34. The molecular formula is C13H17ClF3N3O2. The molecule has 9 heteroatoms. The van der Waals surface area contributed by atoms with Gasteiger partial charge in [0.05, 0.1) is 6.54 Å². The quantitative estimate of drug-likeness (QED) is 0.750. The molecule has 0 aromatic heterocycles. The lowest BCUT2D eigenvalue weighted by molar-refractivity contribution is -0.138. The molecule has 0 saturated heterocycles. The average Bonchev–Trinajstić information content (AvgIpc) is 2.42. The summed E-state index contributed by atoms with van der Waals surface area (Å²) in [5, 5.41) is 3.86. The molecule has 0 fully saturated rings. The van der Waals surface area contributed by atoms with Crippen LogP contribution in [0.1, 0.15) is 12.5 Å². The first-order valence-corrected chi connectivity index (χ1v) is 6.09. The van der Waals surface area contributed by atoms with E-state index in [1.807, 2.05) is 0 Å². The molecule has 1 aromatic rings. The Labute approximate surface area is 131 Å². The largest absolute Gasteiger partial charge is 0.405 e. The van der Waals surface area contributed by atoms with Gasteiger partial charge in [-0.15, -0.1) is 12.4 Å². The molecule has 22 heavy (non-hydrogen) atoms. The Bertz CT molecular complexity index is 507. The van der Waals surface area contributed by atoms with Crippen LogP contribution < -0.4 is 16.4 Å². The van der Waals surface area contributed by atoms with Crippen LogP contribution in [0.3, 0.4) is 0 Å². The number of rotatable bonds is 5. The van der Waals surface area contributed by atoms with Gasteiger partial charge in [0.25, 0.3) is 0 Å². The third kappa shape index (κ3) is 6.31. The fraction of sp³-hybridized carbons (Fsp3) is 0.385. The molecule has 124 valence electrons. The number of hydrogen-bond acceptors (Lipinski definition) is 3. The summed E-state index contributed by atoms with van der Waals surface area (Å²) < 4.78 is 35.7. The second-order valence-electron chi connectivity index (χ2n) is 4.64. The monoisotopic (exact) mass is 339 g/mol. The fourth-order valence-electron chi connectivity index (χ4n) is 1.52. The Balaban J connectivity index is 0.00000441. The van der Waals surface area contributed by atoms with Gasteiger partial charge in [-0.3, -0.25) is 9.59 Å². The number of nitrogens with two attached hydrogens (primary N) is 1. The molecule has 4 N–H and O–H groups in total. The number of nitrogens with one attached hydrogen (secondary N) is 2. The van der Waals surface area contributed by atoms with E-state index in [4.69, 9.17) is 5.73 Å². The highest BCUT2D eigenvalue weighted by molar-refractivity contribution is 5.90. The third-order valence-corrected chi connectivity index (χ3v) is 2.74. The number of benzene rings is 1. The maximum Gasteiger partial charge on any atom is 0.405 e. The smallest absolute Gasteiger partial charge is 0.345 e. The van der Waals surface area contributed by atoms with Crippen LogP contribution in [0.15, 0.2) is 30.3 Å². The summed E-state index contributed by atoms with van der Waals surface area (Å²) >= 11 is 0. The van der Waals surface area contributed by atoms with Crippen molar-refractivity contribution >= 4 is 24.2 Å². The molecule has 0 spiro atoms. The van der Waals surface area contributed by atoms with E-state index in [1.54, 1.807) is 35.6 Å². The molecule has 1 unspecified atom stereocenters. The van der Waals surface area contributed by atoms with Gasteiger partial charge in [-0.05, 0) is 12.5 Å². The zero-order valence-corrected chi connectivity index (χ0v) is 12.6. The lowest BCUT2D eigenvalue weighted by atomic mass is 9.92. The van der Waals surface area contributed by atoms with Gasteiger partial charge in [0.2, 0.25) is 11.8 Å². The summed E-state index contributed by atoms with van der Waals surface area (Å²) in [6.07, 6.45) is -4.49. The first-order chi connectivity index (χ1) is 9.63. The number of carbonyl (C=O) groups excluding carboxylic acids is 2. The van der Waals surface area contributed by atoms with E-state index in [0.717, 1.165) is 0 Å². The standard InChI is InChI=1S/C13H16F3N3O2.ClH/c1-12(17,9-5-3-2-4-6-9)11(21)18-7-10(20)19-8-13(14,15)16;/h2-6H,7-8,17H2,1H3,(H,18,21)(H,19,20);1H. The van der Waals surface area contributed by atoms with Gasteiger partial charge in [-0.1, -0.05) is 30.3 Å². The molecule has 5 nitrogen and oxygen atoms in total. The van der Waals surface area contributed by atoms with Crippen molar-refractivity contribution in [3.05, 3.63) is 35.9 Å². The van der Waals surface area contributed by atoms with Gasteiger partial charge < -0.3 is 16.4 Å². The molecule has 0 aliphatic heterocycles. The van der Waals surface area contributed by atoms with Gasteiger partial charge in [0.15, 0.2) is 0 Å². The maximum absolute atomic E-state index is 11.9. The summed E-state index contributed by atoms with van der Waals surface area (Å²) in [4.78, 5) is 23.1. The molecule has 0 heterocycles. The van der Waals surface area contributed by atoms with Crippen molar-refractivity contribution < 1.29 is 22.8 Å². The molecule has 1 atom stereocenters. The predicted octanol–water partition coefficient (Wildman–Crippen LogP) is 1.08. The highest BCUT2D eigenvalue weighted by atomic mass is 35.5. The van der Waals surface area contributed by atoms with Gasteiger partial charge in [0, 0.05) is 0 Å². The van der Waals surface area contributed by atoms with Gasteiger partial charge in [0.1, 0.15) is 12.1 Å². The zero-order valence-electron chi connectivity index (χ0n) is 11.7. The van der Waals surface area contributed by atoms with Crippen LogP contribution >= 0.6 is 12.4 Å². The van der Waals surface area contributed by atoms with Crippen LogP contribution in [0.5, 0.6) is 0 Å². The molecular weight excluding hydrogens is 323 g/mol. The van der Waals surface area contributed by atoms with Crippen molar-refractivity contribution in [3.8, 4) is 0 Å². The number of carbonyl (C=O) groups is 2. The highest BCUT2D eigenvalue weighted by Gasteiger charge is 2.31. The Morgan fingerprint density at radius 1 is 1.14 bits per heavy atom. The minimum Gasteiger partial charge on any atom is -0.345 e. The molecule has 1 aromatic carbocycles. The van der Waals surface area contributed by atoms with Crippen molar-refractivity contribution in [2.75, 3.05) is 13.1 Å². The highest BCUT2D eigenvalue weighted by Crippen LogP contribution is 2.17. The minimum absolute atomic E-state index is 0. The van der Waals surface area contributed by atoms with E-state index in [2.05, 4.69) is 5.32 Å². The SMILES string of the molecule is CC(N)(C(=O)NCC(=O)NCC(F)(F)F)c1ccccc1.Cl. The Morgan fingerprint density at radius 2 is 1.68 bits per heavy atom. The molecule has 0 bridgehead atoms. The van der Waals surface area contributed by atoms with E-state index in [0.29, 0.717) is 5.56 Å². The van der Waals surface area contributed by atoms with Gasteiger partial charge in [-0.2, -0.15) is 13.2 Å². The first kappa shape index (κ1) is 20.2. The fourth-order valence-corrected chi connectivity index (χ4v) is 1.52. The Hall–Kier alpha value is -1.80. The zero-order chi connectivity index (χ0) is 16.1. The first-order valence-electron chi connectivity index (χ1n) is 6.09. The van der Waals surface area contributed by atoms with Crippen molar-refractivity contribution in [2.45, 2.75) is 18.6 Å². The summed E-state index contributed by atoms with van der Waals surface area (Å²) in [6.45, 7) is -0.569. The summed E-state index contributed by atoms with van der Waals surface area (Å²) in [5.74, 6) is -1.60. The van der Waals surface area contributed by atoms with E-state index < -0.39 is 36.6 Å². The van der Waals surface area contributed by atoms with E-state index >= 15 is 0 Å². The van der Waals surface area contributed by atoms with Crippen molar-refractivity contribution in [2.24, 2.45) is 5.73 Å². The van der Waals surface area contributed by atoms with Crippen LogP contribution in [0.25, 0.3) is 0 Å². The number of halogens is 4. The maximum atomic E-state index is 11.9. The van der Waals surface area contributed by atoms with Gasteiger partial charge in [-0.25, -0.2) is 0 Å². The number of amides is 2. The second-order valence-corrected chi connectivity index (χ2v) is 4.64. The van der Waals surface area contributed by atoms with Crippen molar-refractivity contribution in [1.82, 2.24) is 10.6 Å². The molecule has 2 amide bonds. The average molecular weight is 340 g/mol. The summed E-state index contributed by atoms with van der Waals surface area (Å²) in [7, 11) is 0. The van der Waals surface area contributed by atoms with Crippen LogP contribution in [0.4, 0.5) is 13.2 Å². The number of hydrogen-bond donors (Lipinski definition) is 3. The Morgan fingerprint density at radius 3 is 2.18 bits per heavy atom. The van der Waals surface area contributed by atoms with Crippen molar-refractivity contribution in [3.63, 3.8) is 0 Å². The van der Waals surface area contributed by atoms with Crippen LogP contribution in [-0.4, -0.2) is 31.1 Å². The van der Waals surface area contributed by atoms with E-state index in [9.17, 15) is 22.8 Å².